The number of carbonyl (C=O) groups excluding carboxylic acids is 2. The molecule has 4 N–H and O–H groups in total. The van der Waals surface area contributed by atoms with E-state index in [1.165, 1.54) is 5.57 Å². The van der Waals surface area contributed by atoms with E-state index in [4.69, 9.17) is 0 Å². The van der Waals surface area contributed by atoms with Gasteiger partial charge in [-0.3, -0.25) is 14.9 Å². The molecule has 8 heteroatoms. The Kier molecular flexibility index (Phi) is 4.88. The number of anilines is 1. The van der Waals surface area contributed by atoms with Gasteiger partial charge >= 0.3 is 0 Å². The van der Waals surface area contributed by atoms with Gasteiger partial charge in [-0.2, -0.15) is 0 Å². The van der Waals surface area contributed by atoms with Gasteiger partial charge in [-0.25, -0.2) is 5.43 Å². The third-order valence-electron chi connectivity index (χ3n) is 8.69. The van der Waals surface area contributed by atoms with Gasteiger partial charge in [-0.1, -0.05) is 24.3 Å². The summed E-state index contributed by atoms with van der Waals surface area (Å²) >= 11 is 0. The molecule has 4 fully saturated rings. The van der Waals surface area contributed by atoms with Crippen molar-refractivity contribution in [2.24, 2.45) is 17.8 Å². The maximum atomic E-state index is 13.3. The number of aliphatic hydroxyl groups excluding tert-OH is 1. The zero-order valence-corrected chi connectivity index (χ0v) is 19.9. The van der Waals surface area contributed by atoms with Crippen molar-refractivity contribution in [1.29, 1.82) is 0 Å². The minimum atomic E-state index is -0.338. The Morgan fingerprint density at radius 2 is 2.03 bits per heavy atom. The lowest BCUT2D eigenvalue weighted by Gasteiger charge is -2.42. The van der Waals surface area contributed by atoms with E-state index < -0.39 is 0 Å². The molecule has 3 aliphatic carbocycles. The highest BCUT2D eigenvalue weighted by molar-refractivity contribution is 5.92. The van der Waals surface area contributed by atoms with Gasteiger partial charge in [-0.05, 0) is 60.9 Å². The first-order valence-corrected chi connectivity index (χ1v) is 13.1. The second-order valence-electron chi connectivity index (χ2n) is 11.2. The fourth-order valence-corrected chi connectivity index (χ4v) is 6.19. The molecule has 0 bridgehead atoms. The topological polar surface area (TPSA) is 96.9 Å². The normalized spacial score (nSPS) is 30.8. The summed E-state index contributed by atoms with van der Waals surface area (Å²) < 4.78 is 0. The Morgan fingerprint density at radius 1 is 1.20 bits per heavy atom. The molecule has 1 aromatic carbocycles. The highest BCUT2D eigenvalue weighted by Gasteiger charge is 2.60. The first-order valence-electron chi connectivity index (χ1n) is 13.1. The van der Waals surface area contributed by atoms with Crippen LogP contribution >= 0.6 is 0 Å². The Hall–Kier alpha value is -2.68. The number of hydrogen-bond acceptors (Lipinski definition) is 6. The monoisotopic (exact) mass is 475 g/mol. The Morgan fingerprint density at radius 3 is 2.71 bits per heavy atom. The third kappa shape index (κ3) is 3.61. The molecule has 6 aliphatic rings. The van der Waals surface area contributed by atoms with Crippen LogP contribution in [0.5, 0.6) is 0 Å². The van der Waals surface area contributed by atoms with E-state index in [-0.39, 0.29) is 42.1 Å². The molecule has 3 aliphatic heterocycles. The molecule has 8 nitrogen and oxygen atoms in total. The molecule has 2 saturated heterocycles. The highest BCUT2D eigenvalue weighted by Crippen LogP contribution is 2.45. The molecule has 2 saturated carbocycles. The van der Waals surface area contributed by atoms with Gasteiger partial charge in [-0.15, -0.1) is 0 Å². The third-order valence-corrected chi connectivity index (χ3v) is 8.69. The lowest BCUT2D eigenvalue weighted by molar-refractivity contribution is -0.141. The van der Waals surface area contributed by atoms with Crippen molar-refractivity contribution in [3.63, 3.8) is 0 Å². The number of hydrazine groups is 1. The van der Waals surface area contributed by atoms with Crippen LogP contribution in [0.25, 0.3) is 5.57 Å². The highest BCUT2D eigenvalue weighted by atomic mass is 16.3. The molecule has 3 heterocycles. The fraction of sp³-hybridized carbons (Fsp3) is 0.556. The molecule has 0 radical (unpaired) electrons. The molecule has 1 spiro atoms. The molecule has 0 aromatic heterocycles. The smallest absolute Gasteiger partial charge is 0.244 e. The Labute approximate surface area is 205 Å². The Bertz CT molecular complexity index is 1130. The van der Waals surface area contributed by atoms with E-state index >= 15 is 0 Å². The molecular formula is C27H33N5O3. The standard InChI is InChI=1S/C27H33N5O3/c33-15-23-21-11-20(7-8-22(21)29-30-23)17-1-3-18(4-2-17)24-28-27(9-10-27)26(35)32(24)14-16-12-31(13-16)25(34)19-5-6-19/h1-3,7-8,11,16,18-19,23-24,28-30,33H,4-6,9-10,12-15H2. The molecule has 184 valence electrons. The van der Waals surface area contributed by atoms with E-state index in [1.807, 2.05) is 4.90 Å². The minimum Gasteiger partial charge on any atom is -0.394 e. The average Bonchev–Trinajstić information content (AvgIpc) is 3.78. The van der Waals surface area contributed by atoms with E-state index in [0.29, 0.717) is 11.8 Å². The van der Waals surface area contributed by atoms with Crippen molar-refractivity contribution < 1.29 is 14.7 Å². The maximum Gasteiger partial charge on any atom is 0.244 e. The van der Waals surface area contributed by atoms with Gasteiger partial charge in [0.2, 0.25) is 11.8 Å². The molecule has 2 amide bonds. The molecule has 3 atom stereocenters. The SMILES string of the molecule is O=C(C1CC1)N1CC(CN2C(=O)C3(CC3)NC2C2C=CC(c3ccc4c(c3)C(CO)NN4)=CC2)C1. The van der Waals surface area contributed by atoms with Crippen LogP contribution in [0.4, 0.5) is 5.69 Å². The summed E-state index contributed by atoms with van der Waals surface area (Å²) in [5.74, 6) is 1.46. The second kappa shape index (κ2) is 7.91. The van der Waals surface area contributed by atoms with Gasteiger partial charge in [0.1, 0.15) is 0 Å². The largest absolute Gasteiger partial charge is 0.394 e. The van der Waals surface area contributed by atoms with E-state index in [0.717, 1.165) is 68.6 Å². The molecule has 35 heavy (non-hydrogen) atoms. The average molecular weight is 476 g/mol. The summed E-state index contributed by atoms with van der Waals surface area (Å²) in [6.45, 7) is 2.37. The van der Waals surface area contributed by atoms with Crippen molar-refractivity contribution in [2.45, 2.75) is 49.9 Å². The number of nitrogens with one attached hydrogen (secondary N) is 3. The number of benzene rings is 1. The van der Waals surface area contributed by atoms with Gasteiger partial charge < -0.3 is 20.3 Å². The van der Waals surface area contributed by atoms with E-state index in [2.05, 4.69) is 57.5 Å². The number of fused-ring (bicyclic) bond motifs is 1. The van der Waals surface area contributed by atoms with Gasteiger partial charge in [0.15, 0.2) is 0 Å². The van der Waals surface area contributed by atoms with Crippen LogP contribution in [0.3, 0.4) is 0 Å². The number of carbonyl (C=O) groups is 2. The predicted octanol–water partition coefficient (Wildman–Crippen LogP) is 1.77. The number of allylic oxidation sites excluding steroid dienone is 3. The molecular weight excluding hydrogens is 442 g/mol. The number of nitrogens with zero attached hydrogens (tertiary/aromatic N) is 2. The van der Waals surface area contributed by atoms with Gasteiger partial charge in [0, 0.05) is 37.4 Å². The van der Waals surface area contributed by atoms with Crippen molar-refractivity contribution in [3.8, 4) is 0 Å². The van der Waals surface area contributed by atoms with Crippen LogP contribution in [0.1, 0.15) is 49.3 Å². The summed E-state index contributed by atoms with van der Waals surface area (Å²) in [7, 11) is 0. The summed E-state index contributed by atoms with van der Waals surface area (Å²) in [4.78, 5) is 29.7. The lowest BCUT2D eigenvalue weighted by Crippen LogP contribution is -2.56. The van der Waals surface area contributed by atoms with Crippen molar-refractivity contribution in [1.82, 2.24) is 20.5 Å². The Balaban J connectivity index is 1.03. The van der Waals surface area contributed by atoms with E-state index in [9.17, 15) is 14.7 Å². The van der Waals surface area contributed by atoms with Crippen LogP contribution in [0, 0.1) is 17.8 Å². The number of aliphatic hydroxyl groups is 1. The van der Waals surface area contributed by atoms with Crippen LogP contribution in [-0.4, -0.2) is 64.7 Å². The number of amides is 2. The summed E-state index contributed by atoms with van der Waals surface area (Å²) in [6, 6.07) is 6.22. The number of likely N-dealkylation sites (tertiary alicyclic amines) is 1. The zero-order valence-electron chi connectivity index (χ0n) is 19.9. The number of rotatable bonds is 6. The van der Waals surface area contributed by atoms with Crippen molar-refractivity contribution in [3.05, 3.63) is 47.6 Å². The van der Waals surface area contributed by atoms with E-state index in [1.54, 1.807) is 0 Å². The quantitative estimate of drug-likeness (QED) is 0.501. The first kappa shape index (κ1) is 21.6. The zero-order chi connectivity index (χ0) is 23.7. The van der Waals surface area contributed by atoms with Crippen LogP contribution in [-0.2, 0) is 9.59 Å². The van der Waals surface area contributed by atoms with Crippen LogP contribution < -0.4 is 16.2 Å². The van der Waals surface area contributed by atoms with Gasteiger partial charge in [0.25, 0.3) is 0 Å². The summed E-state index contributed by atoms with van der Waals surface area (Å²) in [5, 5.41) is 13.3. The summed E-state index contributed by atoms with van der Waals surface area (Å²) in [6.07, 6.45) is 11.5. The molecule has 1 aromatic rings. The van der Waals surface area contributed by atoms with Gasteiger partial charge in [0.05, 0.1) is 30.0 Å². The van der Waals surface area contributed by atoms with Crippen LogP contribution in [0.15, 0.2) is 36.4 Å². The second-order valence-corrected chi connectivity index (χ2v) is 11.2. The van der Waals surface area contributed by atoms with Crippen molar-refractivity contribution >= 4 is 23.1 Å². The minimum absolute atomic E-state index is 0.0134. The summed E-state index contributed by atoms with van der Waals surface area (Å²) in [5.41, 5.74) is 10.3. The fourth-order valence-electron chi connectivity index (χ4n) is 6.19. The predicted molar refractivity (Wildman–Crippen MR) is 132 cm³/mol. The first-order chi connectivity index (χ1) is 17.0. The maximum absolute atomic E-state index is 13.3. The molecule has 7 rings (SSSR count). The van der Waals surface area contributed by atoms with Crippen LogP contribution in [0.2, 0.25) is 0 Å². The van der Waals surface area contributed by atoms with Crippen molar-refractivity contribution in [2.75, 3.05) is 31.7 Å². The number of hydrogen-bond donors (Lipinski definition) is 4. The lowest BCUT2D eigenvalue weighted by atomic mass is 9.89. The molecule has 3 unspecified atom stereocenters.